The second-order valence-corrected chi connectivity index (χ2v) is 7.57. The lowest BCUT2D eigenvalue weighted by Crippen LogP contribution is -2.24. The number of nitrogens with zero attached hydrogens (tertiary/aromatic N) is 1. The third-order valence-corrected chi connectivity index (χ3v) is 5.43. The number of hydrogen-bond donors (Lipinski definition) is 1. The molecular formula is C17H20N2O3S. The van der Waals surface area contributed by atoms with E-state index in [1.54, 1.807) is 0 Å². The molecule has 2 aromatic rings. The molecule has 23 heavy (non-hydrogen) atoms. The SMILES string of the molecule is Cc1ccccc1CNC(=O)c1ccc(S(=O)(=O)N(C)C)cc1. The number of hydrogen-bond acceptors (Lipinski definition) is 3. The average molecular weight is 332 g/mol. The van der Waals surface area contributed by atoms with E-state index < -0.39 is 10.0 Å². The molecule has 0 atom stereocenters. The van der Waals surface area contributed by atoms with Gasteiger partial charge in [0.2, 0.25) is 10.0 Å². The number of carbonyl (C=O) groups excluding carboxylic acids is 1. The van der Waals surface area contributed by atoms with Gasteiger partial charge in [0.1, 0.15) is 0 Å². The minimum absolute atomic E-state index is 0.165. The summed E-state index contributed by atoms with van der Waals surface area (Å²) in [5.74, 6) is -0.234. The molecule has 1 amide bonds. The zero-order valence-corrected chi connectivity index (χ0v) is 14.2. The summed E-state index contributed by atoms with van der Waals surface area (Å²) in [4.78, 5) is 12.3. The first-order valence-electron chi connectivity index (χ1n) is 7.17. The molecule has 6 heteroatoms. The second kappa shape index (κ2) is 6.93. The molecule has 0 fully saturated rings. The lowest BCUT2D eigenvalue weighted by molar-refractivity contribution is 0.0951. The fourth-order valence-corrected chi connectivity index (χ4v) is 2.98. The Morgan fingerprint density at radius 1 is 1.04 bits per heavy atom. The molecule has 0 saturated carbocycles. The van der Waals surface area contributed by atoms with Gasteiger partial charge in [-0.1, -0.05) is 24.3 Å². The molecule has 2 rings (SSSR count). The average Bonchev–Trinajstić information content (AvgIpc) is 2.53. The molecule has 0 radical (unpaired) electrons. The van der Waals surface area contributed by atoms with Crippen molar-refractivity contribution in [3.63, 3.8) is 0 Å². The van der Waals surface area contributed by atoms with E-state index in [1.807, 2.05) is 31.2 Å². The molecule has 0 aliphatic carbocycles. The van der Waals surface area contributed by atoms with E-state index in [2.05, 4.69) is 5.32 Å². The van der Waals surface area contributed by atoms with E-state index in [4.69, 9.17) is 0 Å². The zero-order chi connectivity index (χ0) is 17.0. The molecule has 2 aromatic carbocycles. The summed E-state index contributed by atoms with van der Waals surface area (Å²) in [5, 5.41) is 2.84. The van der Waals surface area contributed by atoms with Crippen LogP contribution in [0.2, 0.25) is 0 Å². The molecule has 0 aliphatic heterocycles. The van der Waals surface area contributed by atoms with E-state index in [9.17, 15) is 13.2 Å². The Kier molecular flexibility index (Phi) is 5.18. The smallest absolute Gasteiger partial charge is 0.251 e. The summed E-state index contributed by atoms with van der Waals surface area (Å²) in [7, 11) is -0.538. The Balaban J connectivity index is 2.08. The van der Waals surface area contributed by atoms with Gasteiger partial charge in [0, 0.05) is 26.2 Å². The molecular weight excluding hydrogens is 312 g/mol. The first-order chi connectivity index (χ1) is 10.8. The van der Waals surface area contributed by atoms with Gasteiger partial charge in [0.25, 0.3) is 5.91 Å². The van der Waals surface area contributed by atoms with Gasteiger partial charge in [0.05, 0.1) is 4.90 Å². The maximum absolute atomic E-state index is 12.2. The number of sulfonamides is 1. The lowest BCUT2D eigenvalue weighted by Gasteiger charge is -2.12. The highest BCUT2D eigenvalue weighted by molar-refractivity contribution is 7.89. The number of benzene rings is 2. The maximum atomic E-state index is 12.2. The molecule has 0 heterocycles. The Bertz CT molecular complexity index is 797. The van der Waals surface area contributed by atoms with Crippen molar-refractivity contribution in [3.8, 4) is 0 Å². The number of nitrogens with one attached hydrogen (secondary N) is 1. The Morgan fingerprint density at radius 2 is 1.65 bits per heavy atom. The molecule has 5 nitrogen and oxygen atoms in total. The predicted molar refractivity (Wildman–Crippen MR) is 89.7 cm³/mol. The van der Waals surface area contributed by atoms with Crippen molar-refractivity contribution < 1.29 is 13.2 Å². The standard InChI is InChI=1S/C17H20N2O3S/c1-13-6-4-5-7-15(13)12-18-17(20)14-8-10-16(11-9-14)23(21,22)19(2)3/h4-11H,12H2,1-3H3,(H,18,20). The second-order valence-electron chi connectivity index (χ2n) is 5.42. The highest BCUT2D eigenvalue weighted by atomic mass is 32.2. The third-order valence-electron chi connectivity index (χ3n) is 3.60. The summed E-state index contributed by atoms with van der Waals surface area (Å²) in [6, 6.07) is 13.7. The minimum atomic E-state index is -3.48. The predicted octanol–water partition coefficient (Wildman–Crippen LogP) is 2.18. The summed E-state index contributed by atoms with van der Waals surface area (Å²) < 4.78 is 25.1. The van der Waals surface area contributed by atoms with E-state index >= 15 is 0 Å². The van der Waals surface area contributed by atoms with Gasteiger partial charge >= 0.3 is 0 Å². The summed E-state index contributed by atoms with van der Waals surface area (Å²) in [6.45, 7) is 2.42. The van der Waals surface area contributed by atoms with Crippen LogP contribution in [-0.4, -0.2) is 32.7 Å². The van der Waals surface area contributed by atoms with Crippen LogP contribution in [0, 0.1) is 6.92 Å². The third kappa shape index (κ3) is 3.97. The van der Waals surface area contributed by atoms with Crippen LogP contribution < -0.4 is 5.32 Å². The number of carbonyl (C=O) groups is 1. The lowest BCUT2D eigenvalue weighted by atomic mass is 10.1. The first-order valence-corrected chi connectivity index (χ1v) is 8.61. The fourth-order valence-electron chi connectivity index (χ4n) is 2.08. The molecule has 0 spiro atoms. The van der Waals surface area contributed by atoms with Crippen LogP contribution in [0.15, 0.2) is 53.4 Å². The van der Waals surface area contributed by atoms with Gasteiger partial charge in [-0.2, -0.15) is 0 Å². The van der Waals surface area contributed by atoms with Crippen LogP contribution >= 0.6 is 0 Å². The van der Waals surface area contributed by atoms with Gasteiger partial charge in [-0.3, -0.25) is 4.79 Å². The van der Waals surface area contributed by atoms with Crippen molar-refractivity contribution in [3.05, 3.63) is 65.2 Å². The topological polar surface area (TPSA) is 66.5 Å². The van der Waals surface area contributed by atoms with Crippen LogP contribution in [0.4, 0.5) is 0 Å². The van der Waals surface area contributed by atoms with Crippen molar-refractivity contribution in [1.29, 1.82) is 0 Å². The molecule has 0 aliphatic rings. The quantitative estimate of drug-likeness (QED) is 0.912. The largest absolute Gasteiger partial charge is 0.348 e. The van der Waals surface area contributed by atoms with Crippen LogP contribution in [0.5, 0.6) is 0 Å². The summed E-state index contributed by atoms with van der Waals surface area (Å²) in [5.41, 5.74) is 2.59. The van der Waals surface area contributed by atoms with Crippen molar-refractivity contribution in [2.24, 2.45) is 0 Å². The van der Waals surface area contributed by atoms with Gasteiger partial charge in [-0.15, -0.1) is 0 Å². The Labute approximate surface area is 137 Å². The molecule has 0 bridgehead atoms. The van der Waals surface area contributed by atoms with E-state index in [1.165, 1.54) is 38.4 Å². The van der Waals surface area contributed by atoms with E-state index in [-0.39, 0.29) is 10.8 Å². The van der Waals surface area contributed by atoms with Gasteiger partial charge < -0.3 is 5.32 Å². The normalized spacial score (nSPS) is 11.5. The van der Waals surface area contributed by atoms with Gasteiger partial charge in [0.15, 0.2) is 0 Å². The summed E-state index contributed by atoms with van der Waals surface area (Å²) >= 11 is 0. The molecule has 0 aromatic heterocycles. The number of aryl methyl sites for hydroxylation is 1. The molecule has 0 saturated heterocycles. The van der Waals surface area contributed by atoms with Crippen LogP contribution in [0.3, 0.4) is 0 Å². The van der Waals surface area contributed by atoms with Crippen LogP contribution in [0.25, 0.3) is 0 Å². The number of amides is 1. The highest BCUT2D eigenvalue weighted by Crippen LogP contribution is 2.14. The van der Waals surface area contributed by atoms with Gasteiger partial charge in [-0.05, 0) is 42.3 Å². The van der Waals surface area contributed by atoms with E-state index in [0.717, 1.165) is 15.4 Å². The summed E-state index contributed by atoms with van der Waals surface area (Å²) in [6.07, 6.45) is 0. The Hall–Kier alpha value is -2.18. The highest BCUT2D eigenvalue weighted by Gasteiger charge is 2.17. The fraction of sp³-hybridized carbons (Fsp3) is 0.235. The molecule has 1 N–H and O–H groups in total. The monoisotopic (exact) mass is 332 g/mol. The molecule has 122 valence electrons. The van der Waals surface area contributed by atoms with Crippen molar-refractivity contribution >= 4 is 15.9 Å². The van der Waals surface area contributed by atoms with Crippen molar-refractivity contribution in [2.45, 2.75) is 18.4 Å². The Morgan fingerprint density at radius 3 is 2.22 bits per heavy atom. The number of rotatable bonds is 5. The zero-order valence-electron chi connectivity index (χ0n) is 13.4. The van der Waals surface area contributed by atoms with Crippen molar-refractivity contribution in [2.75, 3.05) is 14.1 Å². The van der Waals surface area contributed by atoms with Gasteiger partial charge in [-0.25, -0.2) is 12.7 Å². The van der Waals surface area contributed by atoms with Crippen molar-refractivity contribution in [1.82, 2.24) is 9.62 Å². The molecule has 0 unspecified atom stereocenters. The maximum Gasteiger partial charge on any atom is 0.251 e. The first kappa shape index (κ1) is 17.2. The van der Waals surface area contributed by atoms with Crippen LogP contribution in [0.1, 0.15) is 21.5 Å². The minimum Gasteiger partial charge on any atom is -0.348 e. The van der Waals surface area contributed by atoms with E-state index in [0.29, 0.717) is 12.1 Å². The van der Waals surface area contributed by atoms with Crippen LogP contribution in [-0.2, 0) is 16.6 Å².